The first-order valence-corrected chi connectivity index (χ1v) is 10.2. The number of imidazole rings is 1. The predicted octanol–water partition coefficient (Wildman–Crippen LogP) is 4.84. The number of aromatic nitrogens is 3. The number of rotatable bonds is 6. The number of nitrogens with zero attached hydrogens (tertiary/aromatic N) is 4. The fourth-order valence-electron chi connectivity index (χ4n) is 3.71. The van der Waals surface area contributed by atoms with Crippen LogP contribution in [0.2, 0.25) is 0 Å². The molecule has 3 aromatic rings. The third-order valence-corrected chi connectivity index (χ3v) is 6.21. The Labute approximate surface area is 169 Å². The van der Waals surface area contributed by atoms with Crippen LogP contribution in [-0.4, -0.2) is 27.0 Å². The van der Waals surface area contributed by atoms with Gasteiger partial charge in [0.05, 0.1) is 16.5 Å². The molecule has 2 heterocycles. The van der Waals surface area contributed by atoms with Crippen LogP contribution >= 0.6 is 23.7 Å². The van der Waals surface area contributed by atoms with Gasteiger partial charge in [-0.1, -0.05) is 36.3 Å². The molecule has 2 aromatic heterocycles. The minimum Gasteiger partial charge on any atom is -0.337 e. The van der Waals surface area contributed by atoms with Crippen molar-refractivity contribution in [3.63, 3.8) is 0 Å². The molecule has 0 bridgehead atoms. The highest BCUT2D eigenvalue weighted by atomic mass is 35.5. The third-order valence-electron chi connectivity index (χ3n) is 5.17. The number of carbonyl (C=O) groups is 1. The van der Waals surface area contributed by atoms with Crippen molar-refractivity contribution in [3.05, 3.63) is 42.5 Å². The maximum Gasteiger partial charge on any atom is 0.231 e. The Kier molecular flexibility index (Phi) is 6.50. The minimum atomic E-state index is 0. The number of thiazole rings is 1. The molecule has 1 fully saturated rings. The zero-order valence-corrected chi connectivity index (χ0v) is 17.1. The lowest BCUT2D eigenvalue weighted by Crippen LogP contribution is -2.36. The van der Waals surface area contributed by atoms with Gasteiger partial charge in [-0.2, -0.15) is 0 Å². The summed E-state index contributed by atoms with van der Waals surface area (Å²) in [4.78, 5) is 24.0. The molecule has 144 valence electrons. The number of hydrogen-bond acceptors (Lipinski definition) is 4. The molecule has 27 heavy (non-hydrogen) atoms. The molecule has 0 aliphatic heterocycles. The highest BCUT2D eigenvalue weighted by Crippen LogP contribution is 2.34. The second kappa shape index (κ2) is 8.85. The van der Waals surface area contributed by atoms with Crippen LogP contribution < -0.4 is 4.90 Å². The average Bonchev–Trinajstić information content (AvgIpc) is 3.39. The molecule has 0 spiro atoms. The van der Waals surface area contributed by atoms with Gasteiger partial charge in [-0.05, 0) is 37.8 Å². The fraction of sp³-hybridized carbons (Fsp3) is 0.450. The quantitative estimate of drug-likeness (QED) is 0.590. The van der Waals surface area contributed by atoms with E-state index in [1.54, 1.807) is 17.5 Å². The summed E-state index contributed by atoms with van der Waals surface area (Å²) >= 11 is 1.63. The summed E-state index contributed by atoms with van der Waals surface area (Å²) in [5.41, 5.74) is 2.18. The minimum absolute atomic E-state index is 0. The van der Waals surface area contributed by atoms with Gasteiger partial charge in [0.2, 0.25) is 5.91 Å². The zero-order valence-electron chi connectivity index (χ0n) is 15.5. The second-order valence-electron chi connectivity index (χ2n) is 7.04. The number of carbonyl (C=O) groups excluding carboxylic acids is 1. The molecule has 0 saturated heterocycles. The lowest BCUT2D eigenvalue weighted by atomic mass is 10.1. The van der Waals surface area contributed by atoms with E-state index in [0.29, 0.717) is 6.54 Å². The van der Waals surface area contributed by atoms with Crippen LogP contribution in [0.5, 0.6) is 0 Å². The summed E-state index contributed by atoms with van der Waals surface area (Å²) < 4.78 is 3.21. The van der Waals surface area contributed by atoms with Gasteiger partial charge in [0.15, 0.2) is 5.13 Å². The Bertz CT molecular complexity index is 887. The van der Waals surface area contributed by atoms with Crippen molar-refractivity contribution in [2.24, 2.45) is 5.92 Å². The van der Waals surface area contributed by atoms with Gasteiger partial charge in [0.1, 0.15) is 0 Å². The van der Waals surface area contributed by atoms with Crippen molar-refractivity contribution >= 4 is 45.0 Å². The summed E-state index contributed by atoms with van der Waals surface area (Å²) in [5, 5.41) is 0.844. The average molecular weight is 405 g/mol. The summed E-state index contributed by atoms with van der Waals surface area (Å²) in [6.45, 7) is 3.64. The third kappa shape index (κ3) is 4.33. The molecule has 1 aliphatic rings. The number of hydrogen-bond donors (Lipinski definition) is 0. The largest absolute Gasteiger partial charge is 0.337 e. The van der Waals surface area contributed by atoms with Crippen molar-refractivity contribution < 1.29 is 4.79 Å². The van der Waals surface area contributed by atoms with E-state index in [9.17, 15) is 4.79 Å². The van der Waals surface area contributed by atoms with Crippen LogP contribution in [0.25, 0.3) is 10.2 Å². The highest BCUT2D eigenvalue weighted by Gasteiger charge is 2.29. The van der Waals surface area contributed by atoms with E-state index in [1.165, 1.54) is 0 Å². The standard InChI is InChI=1S/C20H24N4OS.ClH/c1-15-6-4-9-17-18(15)22-20(26-17)24(19(25)16-7-2-3-8-16)12-5-11-23-13-10-21-14-23;/h4,6,9-10,13-14,16H,2-3,5,7-8,11-12H2,1H3;1H. The Balaban J connectivity index is 0.00000210. The molecule has 0 radical (unpaired) electrons. The first kappa shape index (κ1) is 19.8. The van der Waals surface area contributed by atoms with Gasteiger partial charge < -0.3 is 4.57 Å². The van der Waals surface area contributed by atoms with Gasteiger partial charge in [-0.15, -0.1) is 12.4 Å². The zero-order chi connectivity index (χ0) is 17.9. The molecule has 4 rings (SSSR count). The number of para-hydroxylation sites is 1. The topological polar surface area (TPSA) is 51.0 Å². The van der Waals surface area contributed by atoms with Crippen LogP contribution in [0.4, 0.5) is 5.13 Å². The van der Waals surface area contributed by atoms with Gasteiger partial charge >= 0.3 is 0 Å². The van der Waals surface area contributed by atoms with Crippen LogP contribution in [-0.2, 0) is 11.3 Å². The van der Waals surface area contributed by atoms with Gasteiger partial charge in [0, 0.05) is 31.4 Å². The number of amides is 1. The van der Waals surface area contributed by atoms with Crippen molar-refractivity contribution in [1.82, 2.24) is 14.5 Å². The van der Waals surface area contributed by atoms with E-state index in [-0.39, 0.29) is 24.2 Å². The van der Waals surface area contributed by atoms with E-state index < -0.39 is 0 Å². The van der Waals surface area contributed by atoms with Crippen LogP contribution in [0.15, 0.2) is 36.9 Å². The Morgan fingerprint density at radius 2 is 2.15 bits per heavy atom. The van der Waals surface area contributed by atoms with Gasteiger partial charge in [-0.3, -0.25) is 9.69 Å². The lowest BCUT2D eigenvalue weighted by Gasteiger charge is -2.23. The molecule has 1 aromatic carbocycles. The van der Waals surface area contributed by atoms with E-state index in [0.717, 1.165) is 59.6 Å². The van der Waals surface area contributed by atoms with E-state index in [1.807, 2.05) is 17.4 Å². The number of halogens is 1. The van der Waals surface area contributed by atoms with Crippen LogP contribution in [0.3, 0.4) is 0 Å². The van der Waals surface area contributed by atoms with Crippen LogP contribution in [0, 0.1) is 12.8 Å². The molecule has 5 nitrogen and oxygen atoms in total. The lowest BCUT2D eigenvalue weighted by molar-refractivity contribution is -0.122. The van der Waals surface area contributed by atoms with Gasteiger partial charge in [-0.25, -0.2) is 9.97 Å². The maximum atomic E-state index is 13.2. The van der Waals surface area contributed by atoms with Crippen molar-refractivity contribution in [2.75, 3.05) is 11.4 Å². The van der Waals surface area contributed by atoms with E-state index in [4.69, 9.17) is 4.98 Å². The summed E-state index contributed by atoms with van der Waals surface area (Å²) in [6.07, 6.45) is 10.8. The smallest absolute Gasteiger partial charge is 0.231 e. The fourth-order valence-corrected chi connectivity index (χ4v) is 4.79. The number of anilines is 1. The summed E-state index contributed by atoms with van der Waals surface area (Å²) in [5.74, 6) is 0.418. The van der Waals surface area contributed by atoms with E-state index in [2.05, 4.69) is 34.7 Å². The SMILES string of the molecule is Cc1cccc2sc(N(CCCn3ccnc3)C(=O)C3CCCC3)nc12.Cl. The number of aryl methyl sites for hydroxylation is 2. The monoisotopic (exact) mass is 404 g/mol. The van der Waals surface area contributed by atoms with Gasteiger partial charge in [0.25, 0.3) is 0 Å². The molecular weight excluding hydrogens is 380 g/mol. The molecule has 1 amide bonds. The molecular formula is C20H25ClN4OS. The summed E-state index contributed by atoms with van der Waals surface area (Å²) in [6, 6.07) is 6.23. The molecule has 1 saturated carbocycles. The molecule has 0 N–H and O–H groups in total. The molecule has 1 aliphatic carbocycles. The number of fused-ring (bicyclic) bond motifs is 1. The number of benzene rings is 1. The van der Waals surface area contributed by atoms with Crippen LogP contribution in [0.1, 0.15) is 37.7 Å². The predicted molar refractivity (Wildman–Crippen MR) is 113 cm³/mol. The Hall–Kier alpha value is -1.92. The first-order chi connectivity index (χ1) is 12.7. The molecule has 0 unspecified atom stereocenters. The maximum absolute atomic E-state index is 13.2. The summed E-state index contributed by atoms with van der Waals surface area (Å²) in [7, 11) is 0. The first-order valence-electron chi connectivity index (χ1n) is 9.35. The highest BCUT2D eigenvalue weighted by molar-refractivity contribution is 7.22. The van der Waals surface area contributed by atoms with Crippen molar-refractivity contribution in [3.8, 4) is 0 Å². The normalized spacial score (nSPS) is 14.4. The molecule has 0 atom stereocenters. The van der Waals surface area contributed by atoms with Crippen molar-refractivity contribution in [1.29, 1.82) is 0 Å². The Morgan fingerprint density at radius 3 is 2.85 bits per heavy atom. The second-order valence-corrected chi connectivity index (χ2v) is 8.05. The van der Waals surface area contributed by atoms with E-state index >= 15 is 0 Å². The van der Waals surface area contributed by atoms with Crippen molar-refractivity contribution in [2.45, 2.75) is 45.6 Å². The Morgan fingerprint density at radius 1 is 1.33 bits per heavy atom. The molecule has 7 heteroatoms.